The molecule has 1 aliphatic rings. The molecule has 0 saturated heterocycles. The van der Waals surface area contributed by atoms with Crippen LogP contribution in [0.15, 0.2) is 18.2 Å². The molecule has 4 nitrogen and oxygen atoms in total. The third kappa shape index (κ3) is 1.11. The van der Waals surface area contributed by atoms with Gasteiger partial charge in [0.25, 0.3) is 5.91 Å². The van der Waals surface area contributed by atoms with E-state index >= 15 is 0 Å². The van der Waals surface area contributed by atoms with Crippen LogP contribution < -0.4 is 11.1 Å². The number of nitrogens with one attached hydrogen (secondary N) is 2. The number of aromatic nitrogens is 1. The van der Waals surface area contributed by atoms with Crippen molar-refractivity contribution in [1.82, 2.24) is 4.98 Å². The minimum atomic E-state index is -0.411. The SMILES string of the molecule is NC(=O)c1cc2c3c(ccc2[nH]1)NCC3. The van der Waals surface area contributed by atoms with E-state index < -0.39 is 5.91 Å². The molecule has 0 bridgehead atoms. The molecule has 2 aromatic rings. The van der Waals surface area contributed by atoms with Crippen molar-refractivity contribution in [2.75, 3.05) is 11.9 Å². The van der Waals surface area contributed by atoms with E-state index in [-0.39, 0.29) is 0 Å². The molecule has 0 radical (unpaired) electrons. The van der Waals surface area contributed by atoms with Gasteiger partial charge in [-0.1, -0.05) is 0 Å². The van der Waals surface area contributed by atoms with Crippen LogP contribution in [0.4, 0.5) is 5.69 Å². The number of anilines is 1. The summed E-state index contributed by atoms with van der Waals surface area (Å²) in [7, 11) is 0. The van der Waals surface area contributed by atoms with E-state index in [9.17, 15) is 4.79 Å². The number of carbonyl (C=O) groups excluding carboxylic acids is 1. The van der Waals surface area contributed by atoms with Crippen molar-refractivity contribution < 1.29 is 4.79 Å². The lowest BCUT2D eigenvalue weighted by Gasteiger charge is -1.99. The van der Waals surface area contributed by atoms with Crippen LogP contribution in [-0.4, -0.2) is 17.4 Å². The lowest BCUT2D eigenvalue weighted by Crippen LogP contribution is -2.10. The minimum Gasteiger partial charge on any atom is -0.384 e. The maximum absolute atomic E-state index is 11.0. The summed E-state index contributed by atoms with van der Waals surface area (Å²) in [6, 6.07) is 5.84. The third-order valence-corrected chi connectivity index (χ3v) is 2.87. The highest BCUT2D eigenvalue weighted by Gasteiger charge is 2.15. The molecule has 1 aliphatic heterocycles. The molecule has 76 valence electrons. The van der Waals surface area contributed by atoms with E-state index in [0.29, 0.717) is 5.69 Å². The summed E-state index contributed by atoms with van der Waals surface area (Å²) in [4.78, 5) is 14.1. The van der Waals surface area contributed by atoms with Gasteiger partial charge in [0.05, 0.1) is 0 Å². The monoisotopic (exact) mass is 201 g/mol. The number of amides is 1. The molecule has 0 aliphatic carbocycles. The number of fused-ring (bicyclic) bond motifs is 3. The topological polar surface area (TPSA) is 70.9 Å². The van der Waals surface area contributed by atoms with Gasteiger partial charge in [-0.25, -0.2) is 0 Å². The summed E-state index contributed by atoms with van der Waals surface area (Å²) < 4.78 is 0. The highest BCUT2D eigenvalue weighted by molar-refractivity contribution is 5.99. The Kier molecular flexibility index (Phi) is 1.54. The first kappa shape index (κ1) is 8.35. The van der Waals surface area contributed by atoms with Gasteiger partial charge in [-0.05, 0) is 30.2 Å². The minimum absolute atomic E-state index is 0.411. The van der Waals surface area contributed by atoms with Crippen molar-refractivity contribution >= 4 is 22.5 Å². The quantitative estimate of drug-likeness (QED) is 0.649. The van der Waals surface area contributed by atoms with Gasteiger partial charge in [0, 0.05) is 23.1 Å². The molecule has 4 N–H and O–H groups in total. The van der Waals surface area contributed by atoms with Crippen LogP contribution in [0.1, 0.15) is 16.1 Å². The first-order valence-corrected chi connectivity index (χ1v) is 4.94. The molecule has 0 unspecified atom stereocenters. The van der Waals surface area contributed by atoms with Crippen molar-refractivity contribution in [2.24, 2.45) is 5.73 Å². The highest BCUT2D eigenvalue weighted by atomic mass is 16.1. The summed E-state index contributed by atoms with van der Waals surface area (Å²) in [5, 5.41) is 4.40. The van der Waals surface area contributed by atoms with Crippen molar-refractivity contribution in [3.05, 3.63) is 29.5 Å². The largest absolute Gasteiger partial charge is 0.384 e. The molecule has 3 rings (SSSR count). The summed E-state index contributed by atoms with van der Waals surface area (Å²) >= 11 is 0. The third-order valence-electron chi connectivity index (χ3n) is 2.87. The Morgan fingerprint density at radius 2 is 2.27 bits per heavy atom. The second-order valence-corrected chi connectivity index (χ2v) is 3.78. The normalized spacial score (nSPS) is 13.9. The molecule has 1 aromatic heterocycles. The number of hydrogen-bond acceptors (Lipinski definition) is 2. The zero-order valence-corrected chi connectivity index (χ0v) is 8.13. The molecule has 2 heterocycles. The van der Waals surface area contributed by atoms with Crippen molar-refractivity contribution in [1.29, 1.82) is 0 Å². The van der Waals surface area contributed by atoms with Crippen LogP contribution in [0.5, 0.6) is 0 Å². The van der Waals surface area contributed by atoms with E-state index in [2.05, 4.69) is 10.3 Å². The summed E-state index contributed by atoms with van der Waals surface area (Å²) in [6.07, 6.45) is 1.00. The number of benzene rings is 1. The predicted octanol–water partition coefficient (Wildman–Crippen LogP) is 1.23. The van der Waals surface area contributed by atoms with E-state index in [1.807, 2.05) is 18.2 Å². The molecular weight excluding hydrogens is 190 g/mol. The molecule has 1 aromatic carbocycles. The van der Waals surface area contributed by atoms with Crippen LogP contribution in [-0.2, 0) is 6.42 Å². The fourth-order valence-corrected chi connectivity index (χ4v) is 2.15. The number of nitrogens with two attached hydrogens (primary N) is 1. The molecule has 15 heavy (non-hydrogen) atoms. The first-order chi connectivity index (χ1) is 7.25. The van der Waals surface area contributed by atoms with Gasteiger partial charge in [0.2, 0.25) is 0 Å². The number of hydrogen-bond donors (Lipinski definition) is 3. The van der Waals surface area contributed by atoms with Gasteiger partial charge in [0.15, 0.2) is 0 Å². The maximum Gasteiger partial charge on any atom is 0.265 e. The molecule has 0 spiro atoms. The smallest absolute Gasteiger partial charge is 0.265 e. The number of primary amides is 1. The van der Waals surface area contributed by atoms with Crippen LogP contribution in [0.2, 0.25) is 0 Å². The van der Waals surface area contributed by atoms with E-state index in [4.69, 9.17) is 5.73 Å². The highest BCUT2D eigenvalue weighted by Crippen LogP contribution is 2.30. The standard InChI is InChI=1S/C11H11N3O/c12-11(15)10-5-7-6-3-4-13-8(6)1-2-9(7)14-10/h1-2,5,13-14H,3-4H2,(H2,12,15). The van der Waals surface area contributed by atoms with Crippen LogP contribution in [0, 0.1) is 0 Å². The van der Waals surface area contributed by atoms with Gasteiger partial charge >= 0.3 is 0 Å². The summed E-state index contributed by atoms with van der Waals surface area (Å²) in [5.41, 5.74) is 9.13. The Labute approximate surface area is 86.5 Å². The summed E-state index contributed by atoms with van der Waals surface area (Å²) in [6.45, 7) is 0.964. The van der Waals surface area contributed by atoms with E-state index in [1.54, 1.807) is 0 Å². The lowest BCUT2D eigenvalue weighted by molar-refractivity contribution is 0.0996. The van der Waals surface area contributed by atoms with Crippen molar-refractivity contribution in [3.63, 3.8) is 0 Å². The average molecular weight is 201 g/mol. The van der Waals surface area contributed by atoms with Gasteiger partial charge < -0.3 is 16.0 Å². The molecule has 1 amide bonds. The Bertz CT molecular complexity index is 556. The Balaban J connectivity index is 2.31. The van der Waals surface area contributed by atoms with Gasteiger partial charge in [-0.15, -0.1) is 0 Å². The van der Waals surface area contributed by atoms with Gasteiger partial charge in [-0.3, -0.25) is 4.79 Å². The molecule has 0 fully saturated rings. The second kappa shape index (κ2) is 2.76. The maximum atomic E-state index is 11.0. The zero-order valence-electron chi connectivity index (χ0n) is 8.13. The fraction of sp³-hybridized carbons (Fsp3) is 0.182. The van der Waals surface area contributed by atoms with Crippen LogP contribution >= 0.6 is 0 Å². The van der Waals surface area contributed by atoms with Crippen molar-refractivity contribution in [2.45, 2.75) is 6.42 Å². The molecule has 0 saturated carbocycles. The summed E-state index contributed by atoms with van der Waals surface area (Å²) in [5.74, 6) is -0.411. The molecular formula is C11H11N3O. The molecule has 4 heteroatoms. The van der Waals surface area contributed by atoms with E-state index in [1.165, 1.54) is 5.56 Å². The molecule has 0 atom stereocenters. The Morgan fingerprint density at radius 1 is 1.40 bits per heavy atom. The van der Waals surface area contributed by atoms with E-state index in [0.717, 1.165) is 29.6 Å². The average Bonchev–Trinajstić information content (AvgIpc) is 2.82. The number of rotatable bonds is 1. The van der Waals surface area contributed by atoms with Gasteiger partial charge in [0.1, 0.15) is 5.69 Å². The predicted molar refractivity (Wildman–Crippen MR) is 59.0 cm³/mol. The first-order valence-electron chi connectivity index (χ1n) is 4.94. The number of carbonyl (C=O) groups is 1. The van der Waals surface area contributed by atoms with Crippen molar-refractivity contribution in [3.8, 4) is 0 Å². The van der Waals surface area contributed by atoms with Gasteiger partial charge in [-0.2, -0.15) is 0 Å². The number of aromatic amines is 1. The van der Waals surface area contributed by atoms with Crippen LogP contribution in [0.3, 0.4) is 0 Å². The zero-order chi connectivity index (χ0) is 10.4. The fourth-order valence-electron chi connectivity index (χ4n) is 2.15. The number of H-pyrrole nitrogens is 1. The van der Waals surface area contributed by atoms with Crippen LogP contribution in [0.25, 0.3) is 10.9 Å². The lowest BCUT2D eigenvalue weighted by atomic mass is 10.1. The second-order valence-electron chi connectivity index (χ2n) is 3.78. The Hall–Kier alpha value is -1.97. The Morgan fingerprint density at radius 3 is 3.07 bits per heavy atom.